The predicted molar refractivity (Wildman–Crippen MR) is 57.7 cm³/mol. The van der Waals surface area contributed by atoms with Gasteiger partial charge in [-0.25, -0.2) is 4.98 Å². The molecule has 0 atom stereocenters. The molecule has 3 rings (SSSR count). The Balaban J connectivity index is 2.63. The molecule has 3 aromatic rings. The van der Waals surface area contributed by atoms with Crippen LogP contribution in [0.15, 0.2) is 41.5 Å². The van der Waals surface area contributed by atoms with Crippen LogP contribution in [0.4, 0.5) is 0 Å². The van der Waals surface area contributed by atoms with Crippen LogP contribution in [-0.2, 0) is 0 Å². The fourth-order valence-corrected chi connectivity index (χ4v) is 1.65. The minimum Gasteiger partial charge on any atom is -0.317 e. The quantitative estimate of drug-likeness (QED) is 0.555. The highest BCUT2D eigenvalue weighted by Crippen LogP contribution is 2.18. The maximum absolute atomic E-state index is 11.2. The molecule has 0 radical (unpaired) electrons. The summed E-state index contributed by atoms with van der Waals surface area (Å²) in [4.78, 5) is 22.2. The van der Waals surface area contributed by atoms with Gasteiger partial charge in [-0.1, -0.05) is 12.1 Å². The van der Waals surface area contributed by atoms with Crippen molar-refractivity contribution < 1.29 is 0 Å². The molecule has 72 valence electrons. The normalized spacial score (nSPS) is 10.9. The van der Waals surface area contributed by atoms with Crippen LogP contribution in [0.25, 0.3) is 21.9 Å². The summed E-state index contributed by atoms with van der Waals surface area (Å²) in [6.45, 7) is 0. The lowest BCUT2D eigenvalue weighted by Gasteiger charge is -2.00. The summed E-state index contributed by atoms with van der Waals surface area (Å²) in [5.41, 5.74) is 2.02. The third-order valence-electron chi connectivity index (χ3n) is 2.32. The first-order valence-corrected chi connectivity index (χ1v) is 4.57. The maximum atomic E-state index is 11.2. The maximum Gasteiger partial charge on any atom is 0.266 e. The third-order valence-corrected chi connectivity index (χ3v) is 2.32. The highest BCUT2D eigenvalue weighted by Gasteiger charge is 2.02. The van der Waals surface area contributed by atoms with Gasteiger partial charge in [-0.3, -0.25) is 9.78 Å². The molecule has 0 bridgehead atoms. The molecule has 0 aliphatic rings. The first-order chi connectivity index (χ1) is 7.34. The van der Waals surface area contributed by atoms with Crippen LogP contribution < -0.4 is 5.56 Å². The summed E-state index contributed by atoms with van der Waals surface area (Å²) >= 11 is 0. The van der Waals surface area contributed by atoms with Gasteiger partial charge in [0.15, 0.2) is 0 Å². The van der Waals surface area contributed by atoms with Gasteiger partial charge in [0.05, 0.1) is 22.7 Å². The van der Waals surface area contributed by atoms with E-state index in [1.807, 2.05) is 24.3 Å². The number of aromatic nitrogens is 3. The van der Waals surface area contributed by atoms with Crippen LogP contribution in [0.1, 0.15) is 0 Å². The van der Waals surface area contributed by atoms with Crippen LogP contribution >= 0.6 is 0 Å². The van der Waals surface area contributed by atoms with E-state index in [1.54, 1.807) is 6.20 Å². The molecular weight excluding hydrogens is 190 g/mol. The molecule has 0 aliphatic carbocycles. The molecule has 0 aliphatic heterocycles. The number of nitrogens with one attached hydrogen (secondary N) is 1. The Hall–Kier alpha value is -2.23. The molecule has 4 heteroatoms. The van der Waals surface area contributed by atoms with E-state index in [1.165, 1.54) is 6.20 Å². The Morgan fingerprint density at radius 3 is 3.00 bits per heavy atom. The summed E-state index contributed by atoms with van der Waals surface area (Å²) in [5.74, 6) is 0. The first kappa shape index (κ1) is 8.11. The average molecular weight is 197 g/mol. The molecule has 0 amide bonds. The number of rotatable bonds is 0. The lowest BCUT2D eigenvalue weighted by Crippen LogP contribution is -2.05. The van der Waals surface area contributed by atoms with Gasteiger partial charge >= 0.3 is 0 Å². The van der Waals surface area contributed by atoms with Crippen molar-refractivity contribution in [2.75, 3.05) is 0 Å². The van der Waals surface area contributed by atoms with Crippen molar-refractivity contribution >= 4 is 21.9 Å². The standard InChI is InChI=1S/C11H7N3O/c15-9-6-13-8-4-3-7-2-1-5-12-10(7)11(8)14-9/h1-6H,(H,14,15). The number of pyridine rings is 1. The number of benzene rings is 1. The van der Waals surface area contributed by atoms with Crippen LogP contribution in [0.2, 0.25) is 0 Å². The Kier molecular flexibility index (Phi) is 1.56. The van der Waals surface area contributed by atoms with Gasteiger partial charge in [0.2, 0.25) is 0 Å². The molecule has 0 fully saturated rings. The van der Waals surface area contributed by atoms with Gasteiger partial charge in [-0.15, -0.1) is 0 Å². The van der Waals surface area contributed by atoms with Crippen molar-refractivity contribution in [3.63, 3.8) is 0 Å². The van der Waals surface area contributed by atoms with E-state index in [-0.39, 0.29) is 5.56 Å². The van der Waals surface area contributed by atoms with Gasteiger partial charge < -0.3 is 4.98 Å². The summed E-state index contributed by atoms with van der Waals surface area (Å²) < 4.78 is 0. The minimum atomic E-state index is -0.208. The van der Waals surface area contributed by atoms with Crippen molar-refractivity contribution in [3.05, 3.63) is 47.0 Å². The predicted octanol–water partition coefficient (Wildman–Crippen LogP) is 1.47. The van der Waals surface area contributed by atoms with Gasteiger partial charge in [0.1, 0.15) is 0 Å². The Morgan fingerprint density at radius 2 is 2.07 bits per heavy atom. The highest BCUT2D eigenvalue weighted by atomic mass is 16.1. The van der Waals surface area contributed by atoms with E-state index in [2.05, 4.69) is 15.0 Å². The number of H-pyrrole nitrogens is 1. The second-order valence-corrected chi connectivity index (χ2v) is 3.28. The monoisotopic (exact) mass is 197 g/mol. The number of aromatic amines is 1. The minimum absolute atomic E-state index is 0.208. The lowest BCUT2D eigenvalue weighted by atomic mass is 10.2. The zero-order valence-corrected chi connectivity index (χ0v) is 7.77. The molecule has 0 saturated heterocycles. The van der Waals surface area contributed by atoms with E-state index in [4.69, 9.17) is 0 Å². The Labute approximate surface area is 84.6 Å². The van der Waals surface area contributed by atoms with Gasteiger partial charge in [-0.05, 0) is 12.1 Å². The molecule has 0 saturated carbocycles. The summed E-state index contributed by atoms with van der Waals surface area (Å²) in [7, 11) is 0. The number of nitrogens with zero attached hydrogens (tertiary/aromatic N) is 2. The van der Waals surface area contributed by atoms with Crippen molar-refractivity contribution in [1.82, 2.24) is 15.0 Å². The van der Waals surface area contributed by atoms with E-state index < -0.39 is 0 Å². The summed E-state index contributed by atoms with van der Waals surface area (Å²) in [6.07, 6.45) is 2.98. The molecule has 2 heterocycles. The molecule has 0 spiro atoms. The zero-order valence-electron chi connectivity index (χ0n) is 7.77. The number of fused-ring (bicyclic) bond motifs is 3. The Morgan fingerprint density at radius 1 is 1.13 bits per heavy atom. The SMILES string of the molecule is O=c1cnc2ccc3cccnc3c2[nH]1. The number of hydrogen-bond donors (Lipinski definition) is 1. The molecule has 2 aromatic heterocycles. The van der Waals surface area contributed by atoms with E-state index in [0.717, 1.165) is 16.4 Å². The van der Waals surface area contributed by atoms with Crippen LogP contribution in [0, 0.1) is 0 Å². The summed E-state index contributed by atoms with van der Waals surface area (Å²) in [6, 6.07) is 7.63. The smallest absolute Gasteiger partial charge is 0.266 e. The Bertz CT molecular complexity index is 703. The van der Waals surface area contributed by atoms with Gasteiger partial charge in [-0.2, -0.15) is 0 Å². The topological polar surface area (TPSA) is 58.6 Å². The fourth-order valence-electron chi connectivity index (χ4n) is 1.65. The third kappa shape index (κ3) is 1.19. The second-order valence-electron chi connectivity index (χ2n) is 3.28. The van der Waals surface area contributed by atoms with Crippen molar-refractivity contribution in [2.45, 2.75) is 0 Å². The molecule has 1 aromatic carbocycles. The number of hydrogen-bond acceptors (Lipinski definition) is 3. The van der Waals surface area contributed by atoms with Gasteiger partial charge in [0, 0.05) is 11.6 Å². The molecule has 4 nitrogen and oxygen atoms in total. The average Bonchev–Trinajstić information content (AvgIpc) is 2.29. The van der Waals surface area contributed by atoms with Gasteiger partial charge in [0.25, 0.3) is 5.56 Å². The van der Waals surface area contributed by atoms with Crippen molar-refractivity contribution in [1.29, 1.82) is 0 Å². The largest absolute Gasteiger partial charge is 0.317 e. The fraction of sp³-hybridized carbons (Fsp3) is 0. The molecule has 1 N–H and O–H groups in total. The van der Waals surface area contributed by atoms with E-state index in [9.17, 15) is 4.79 Å². The second kappa shape index (κ2) is 2.88. The summed E-state index contributed by atoms with van der Waals surface area (Å²) in [5, 5.41) is 0.994. The molecular formula is C11H7N3O. The molecule has 15 heavy (non-hydrogen) atoms. The van der Waals surface area contributed by atoms with Crippen LogP contribution in [0.5, 0.6) is 0 Å². The van der Waals surface area contributed by atoms with E-state index >= 15 is 0 Å². The van der Waals surface area contributed by atoms with Crippen molar-refractivity contribution in [3.8, 4) is 0 Å². The van der Waals surface area contributed by atoms with Crippen LogP contribution in [0.3, 0.4) is 0 Å². The van der Waals surface area contributed by atoms with E-state index in [0.29, 0.717) is 5.52 Å². The lowest BCUT2D eigenvalue weighted by molar-refractivity contribution is 1.22. The van der Waals surface area contributed by atoms with Crippen molar-refractivity contribution in [2.24, 2.45) is 0 Å². The highest BCUT2D eigenvalue weighted by molar-refractivity contribution is 6.00. The van der Waals surface area contributed by atoms with Crippen LogP contribution in [-0.4, -0.2) is 15.0 Å². The first-order valence-electron chi connectivity index (χ1n) is 4.57. The molecule has 0 unspecified atom stereocenters. The zero-order chi connectivity index (χ0) is 10.3.